The summed E-state index contributed by atoms with van der Waals surface area (Å²) >= 11 is 0. The first-order valence-electron chi connectivity index (χ1n) is 12.2. The lowest BCUT2D eigenvalue weighted by Crippen LogP contribution is -2.40. The maximum Gasteiger partial charge on any atom is 0.259 e. The van der Waals surface area contributed by atoms with Crippen LogP contribution in [0.5, 0.6) is 0 Å². The summed E-state index contributed by atoms with van der Waals surface area (Å²) in [7, 11) is 0. The Morgan fingerprint density at radius 2 is 2.12 bits per heavy atom. The number of carbonyl (C=O) groups is 1. The number of amides is 1. The predicted octanol–water partition coefficient (Wildman–Crippen LogP) is 4.85. The van der Waals surface area contributed by atoms with E-state index < -0.39 is 0 Å². The number of carbonyl (C=O) groups excluding carboxylic acids is 1. The molecule has 6 rings (SSSR count). The maximum atomic E-state index is 13.6. The van der Waals surface area contributed by atoms with Crippen molar-refractivity contribution in [3.8, 4) is 11.3 Å². The number of hydrogen-bond donors (Lipinski definition) is 1. The molecule has 2 bridgehead atoms. The number of hydrogen-bond acceptors (Lipinski definition) is 5. The quantitative estimate of drug-likeness (QED) is 0.601. The Morgan fingerprint density at radius 1 is 1.28 bits per heavy atom. The van der Waals surface area contributed by atoms with Gasteiger partial charge in [-0.2, -0.15) is 5.10 Å². The van der Waals surface area contributed by atoms with E-state index in [4.69, 9.17) is 9.51 Å². The van der Waals surface area contributed by atoms with Gasteiger partial charge < -0.3 is 9.84 Å². The zero-order valence-corrected chi connectivity index (χ0v) is 19.1. The molecule has 3 heterocycles. The number of rotatable bonds is 6. The molecule has 7 nitrogen and oxygen atoms in total. The van der Waals surface area contributed by atoms with Crippen molar-refractivity contribution in [3.05, 3.63) is 29.2 Å². The summed E-state index contributed by atoms with van der Waals surface area (Å²) in [5, 5.41) is 12.9. The number of nitrogens with zero attached hydrogens (tertiary/aromatic N) is 4. The molecular formula is C25H31N5O2. The fourth-order valence-electron chi connectivity index (χ4n) is 6.22. The third kappa shape index (κ3) is 3.16. The summed E-state index contributed by atoms with van der Waals surface area (Å²) in [6.07, 6.45) is 9.31. The van der Waals surface area contributed by atoms with E-state index in [9.17, 15) is 4.79 Å². The van der Waals surface area contributed by atoms with Crippen LogP contribution in [0.15, 0.2) is 16.8 Å². The first kappa shape index (κ1) is 19.9. The largest absolute Gasteiger partial charge is 0.349 e. The number of aryl methyl sites for hydroxylation is 1. The molecule has 3 aromatic heterocycles. The van der Waals surface area contributed by atoms with Crippen LogP contribution in [0.25, 0.3) is 22.4 Å². The second kappa shape index (κ2) is 7.42. The van der Waals surface area contributed by atoms with Gasteiger partial charge in [0.25, 0.3) is 11.6 Å². The molecule has 3 aliphatic carbocycles. The Hall–Kier alpha value is -2.70. The summed E-state index contributed by atoms with van der Waals surface area (Å²) in [6, 6.07) is 2.14. The van der Waals surface area contributed by atoms with Gasteiger partial charge in [-0.05, 0) is 76.7 Å². The number of aromatic nitrogens is 4. The molecule has 0 spiro atoms. The molecule has 7 heteroatoms. The highest BCUT2D eigenvalue weighted by Gasteiger charge is 2.42. The Labute approximate surface area is 187 Å². The molecule has 3 saturated carbocycles. The first-order chi connectivity index (χ1) is 15.5. The van der Waals surface area contributed by atoms with Crippen LogP contribution in [-0.4, -0.2) is 31.9 Å². The second-order valence-electron chi connectivity index (χ2n) is 10.1. The van der Waals surface area contributed by atoms with Crippen LogP contribution < -0.4 is 5.32 Å². The van der Waals surface area contributed by atoms with Gasteiger partial charge in [0.15, 0.2) is 0 Å². The Morgan fingerprint density at radius 3 is 2.78 bits per heavy atom. The van der Waals surface area contributed by atoms with Crippen LogP contribution in [0, 0.1) is 24.7 Å². The third-order valence-corrected chi connectivity index (χ3v) is 8.16. The zero-order valence-electron chi connectivity index (χ0n) is 19.1. The topological polar surface area (TPSA) is 85.8 Å². The summed E-state index contributed by atoms with van der Waals surface area (Å²) in [4.78, 5) is 18.4. The molecule has 0 radical (unpaired) electrons. The maximum absolute atomic E-state index is 13.6. The molecule has 3 aromatic rings. The molecule has 0 unspecified atom stereocenters. The van der Waals surface area contributed by atoms with Crippen LogP contribution in [0.1, 0.15) is 80.0 Å². The van der Waals surface area contributed by atoms with Gasteiger partial charge in [-0.15, -0.1) is 0 Å². The van der Waals surface area contributed by atoms with Crippen LogP contribution >= 0.6 is 0 Å². The van der Waals surface area contributed by atoms with Crippen molar-refractivity contribution in [2.24, 2.45) is 17.8 Å². The lowest BCUT2D eigenvalue weighted by atomic mass is 9.84. The fraction of sp³-hybridized carbons (Fsp3) is 0.600. The van der Waals surface area contributed by atoms with Crippen LogP contribution in [0.4, 0.5) is 0 Å². The zero-order chi connectivity index (χ0) is 22.0. The van der Waals surface area contributed by atoms with Crippen molar-refractivity contribution < 1.29 is 9.32 Å². The van der Waals surface area contributed by atoms with Gasteiger partial charge in [0.2, 0.25) is 0 Å². The summed E-state index contributed by atoms with van der Waals surface area (Å²) in [5.74, 6) is 2.60. The first-order valence-corrected chi connectivity index (χ1v) is 12.2. The van der Waals surface area contributed by atoms with E-state index in [1.54, 1.807) is 0 Å². The number of nitrogens with one attached hydrogen (secondary N) is 1. The Kier molecular flexibility index (Phi) is 4.63. The monoisotopic (exact) mass is 433 g/mol. The highest BCUT2D eigenvalue weighted by Crippen LogP contribution is 2.49. The van der Waals surface area contributed by atoms with Gasteiger partial charge >= 0.3 is 0 Å². The van der Waals surface area contributed by atoms with E-state index in [1.807, 2.05) is 23.9 Å². The average molecular weight is 434 g/mol. The standard InChI is InChI=1S/C25H31N5O2/c1-4-30-14(3)20(12-26-30)23-22-19(11-21(16-7-8-16)28-25(22)32-29-23)24(31)27-13(2)18-10-15-5-6-17(18)9-15/h11-13,15-18H,4-10H2,1-3H3,(H,27,31)/t13-,15-,17-,18-/m1/s1. The van der Waals surface area contributed by atoms with Crippen molar-refractivity contribution in [1.82, 2.24) is 25.2 Å². The number of pyridine rings is 1. The van der Waals surface area contributed by atoms with Crippen molar-refractivity contribution in [2.75, 3.05) is 0 Å². The smallest absolute Gasteiger partial charge is 0.259 e. The van der Waals surface area contributed by atoms with Crippen molar-refractivity contribution in [3.63, 3.8) is 0 Å². The van der Waals surface area contributed by atoms with Crippen LogP contribution in [0.2, 0.25) is 0 Å². The van der Waals surface area contributed by atoms with E-state index in [2.05, 4.69) is 29.4 Å². The van der Waals surface area contributed by atoms with Gasteiger partial charge in [0.1, 0.15) is 5.69 Å². The minimum atomic E-state index is -0.0421. The molecule has 32 heavy (non-hydrogen) atoms. The van der Waals surface area contributed by atoms with E-state index >= 15 is 0 Å². The van der Waals surface area contributed by atoms with Crippen LogP contribution in [-0.2, 0) is 6.54 Å². The summed E-state index contributed by atoms with van der Waals surface area (Å²) < 4.78 is 7.61. The van der Waals surface area contributed by atoms with E-state index in [0.29, 0.717) is 34.2 Å². The normalized spacial score (nSPS) is 25.5. The van der Waals surface area contributed by atoms with Gasteiger partial charge in [-0.3, -0.25) is 9.48 Å². The van der Waals surface area contributed by atoms with Gasteiger partial charge in [0, 0.05) is 35.5 Å². The minimum Gasteiger partial charge on any atom is -0.349 e. The molecule has 168 valence electrons. The fourth-order valence-corrected chi connectivity index (χ4v) is 6.22. The molecule has 3 aliphatic rings. The van der Waals surface area contributed by atoms with Gasteiger partial charge in [-0.1, -0.05) is 11.6 Å². The van der Waals surface area contributed by atoms with Crippen molar-refractivity contribution in [1.29, 1.82) is 0 Å². The molecule has 1 N–H and O–H groups in total. The minimum absolute atomic E-state index is 0.0421. The molecule has 4 atom stereocenters. The Balaban J connectivity index is 1.39. The predicted molar refractivity (Wildman–Crippen MR) is 121 cm³/mol. The lowest BCUT2D eigenvalue weighted by molar-refractivity contribution is 0.0916. The Bertz CT molecular complexity index is 1190. The molecule has 0 saturated heterocycles. The molecule has 0 aliphatic heterocycles. The van der Waals surface area contributed by atoms with E-state index in [-0.39, 0.29) is 11.9 Å². The van der Waals surface area contributed by atoms with E-state index in [0.717, 1.165) is 48.2 Å². The molecule has 0 aromatic carbocycles. The molecule has 3 fully saturated rings. The SMILES string of the molecule is CCn1ncc(-c2noc3nc(C4CC4)cc(C(=O)N[C@H](C)[C@H]4C[C@@H]5CC[C@@H]4C5)c23)c1C. The van der Waals surface area contributed by atoms with Crippen molar-refractivity contribution >= 4 is 17.0 Å². The van der Waals surface area contributed by atoms with Gasteiger partial charge in [0.05, 0.1) is 17.1 Å². The summed E-state index contributed by atoms with van der Waals surface area (Å²) in [5.41, 5.74) is 4.58. The van der Waals surface area contributed by atoms with Gasteiger partial charge in [-0.25, -0.2) is 4.98 Å². The highest BCUT2D eigenvalue weighted by atomic mass is 16.5. The summed E-state index contributed by atoms with van der Waals surface area (Å²) in [6.45, 7) is 7.03. The van der Waals surface area contributed by atoms with Crippen LogP contribution in [0.3, 0.4) is 0 Å². The lowest BCUT2D eigenvalue weighted by Gasteiger charge is -2.28. The third-order valence-electron chi connectivity index (χ3n) is 8.16. The van der Waals surface area contributed by atoms with E-state index in [1.165, 1.54) is 25.7 Å². The highest BCUT2D eigenvalue weighted by molar-refractivity contribution is 6.09. The molecule has 1 amide bonds. The average Bonchev–Trinajstić information content (AvgIpc) is 3.12. The second-order valence-corrected chi connectivity index (χ2v) is 10.1. The number of fused-ring (bicyclic) bond motifs is 3. The molecular weight excluding hydrogens is 402 g/mol. The van der Waals surface area contributed by atoms with Crippen molar-refractivity contribution in [2.45, 2.75) is 77.8 Å².